The predicted molar refractivity (Wildman–Crippen MR) is 121 cm³/mol. The van der Waals surface area contributed by atoms with Crippen LogP contribution < -0.4 is 5.32 Å². The first-order valence-corrected chi connectivity index (χ1v) is 10.6. The van der Waals surface area contributed by atoms with Gasteiger partial charge in [-0.25, -0.2) is 4.99 Å². The van der Waals surface area contributed by atoms with Crippen LogP contribution in [0.15, 0.2) is 47.5 Å². The van der Waals surface area contributed by atoms with Crippen molar-refractivity contribution in [1.82, 2.24) is 4.90 Å². The van der Waals surface area contributed by atoms with Crippen molar-refractivity contribution in [2.45, 2.75) is 45.3 Å². The second-order valence-corrected chi connectivity index (χ2v) is 8.84. The topological polar surface area (TPSA) is 61.8 Å². The van der Waals surface area contributed by atoms with Gasteiger partial charge in [-0.1, -0.05) is 55.9 Å². The number of nitrogens with zero attached hydrogens (tertiary/aromatic N) is 2. The van der Waals surface area contributed by atoms with E-state index in [2.05, 4.69) is 19.2 Å². The molecule has 1 unspecified atom stereocenters. The van der Waals surface area contributed by atoms with Crippen molar-refractivity contribution in [1.29, 1.82) is 0 Å². The lowest BCUT2D eigenvalue weighted by Crippen LogP contribution is -2.30. The third-order valence-electron chi connectivity index (χ3n) is 5.02. The molecule has 0 aromatic heterocycles. The molecule has 2 aromatic rings. The summed E-state index contributed by atoms with van der Waals surface area (Å²) in [6.45, 7) is 8.27. The van der Waals surface area contributed by atoms with Gasteiger partial charge in [-0.15, -0.1) is 0 Å². The Kier molecular flexibility index (Phi) is 6.42. The lowest BCUT2D eigenvalue weighted by atomic mass is 10.0. The first-order valence-electron chi connectivity index (χ1n) is 9.75. The second-order valence-electron chi connectivity index (χ2n) is 7.67. The van der Waals surface area contributed by atoms with Gasteiger partial charge in [-0.3, -0.25) is 14.5 Å². The summed E-state index contributed by atoms with van der Waals surface area (Å²) in [6.07, 6.45) is 0.117. The monoisotopic (exact) mass is 409 g/mol. The normalized spacial score (nSPS) is 18.0. The summed E-state index contributed by atoms with van der Waals surface area (Å²) in [5, 5.41) is 3.06. The molecule has 5 nitrogen and oxygen atoms in total. The molecule has 29 heavy (non-hydrogen) atoms. The van der Waals surface area contributed by atoms with Crippen LogP contribution in [0.3, 0.4) is 0 Å². The number of amidine groups is 1. The van der Waals surface area contributed by atoms with Gasteiger partial charge in [0.2, 0.25) is 11.8 Å². The second kappa shape index (κ2) is 8.82. The molecule has 6 heteroatoms. The van der Waals surface area contributed by atoms with E-state index in [1.807, 2.05) is 56.3 Å². The van der Waals surface area contributed by atoms with Crippen molar-refractivity contribution in [2.24, 2.45) is 4.99 Å². The summed E-state index contributed by atoms with van der Waals surface area (Å²) in [6, 6.07) is 13.8. The molecule has 1 fully saturated rings. The zero-order valence-electron chi connectivity index (χ0n) is 17.5. The Morgan fingerprint density at radius 2 is 1.76 bits per heavy atom. The first-order chi connectivity index (χ1) is 13.8. The highest BCUT2D eigenvalue weighted by molar-refractivity contribution is 8.15. The fourth-order valence-corrected chi connectivity index (χ4v) is 4.35. The fraction of sp³-hybridized carbons (Fsp3) is 0.348. The highest BCUT2D eigenvalue weighted by atomic mass is 32.2. The van der Waals surface area contributed by atoms with Crippen molar-refractivity contribution >= 4 is 40.1 Å². The number of nitrogens with one attached hydrogen (secondary N) is 1. The Morgan fingerprint density at radius 1 is 1.14 bits per heavy atom. The van der Waals surface area contributed by atoms with Crippen LogP contribution in [-0.4, -0.2) is 34.2 Å². The van der Waals surface area contributed by atoms with Crippen molar-refractivity contribution in [3.8, 4) is 0 Å². The Labute approximate surface area is 176 Å². The fourth-order valence-electron chi connectivity index (χ4n) is 3.21. The van der Waals surface area contributed by atoms with E-state index in [1.165, 1.54) is 17.3 Å². The van der Waals surface area contributed by atoms with E-state index >= 15 is 0 Å². The van der Waals surface area contributed by atoms with Crippen LogP contribution in [0.4, 0.5) is 11.4 Å². The van der Waals surface area contributed by atoms with Crippen LogP contribution in [0, 0.1) is 13.8 Å². The van der Waals surface area contributed by atoms with Gasteiger partial charge in [-0.05, 0) is 48.6 Å². The van der Waals surface area contributed by atoms with Gasteiger partial charge in [0.05, 0.1) is 5.69 Å². The zero-order chi connectivity index (χ0) is 21.1. The lowest BCUT2D eigenvalue weighted by Gasteiger charge is -2.11. The summed E-state index contributed by atoms with van der Waals surface area (Å²) >= 11 is 1.35. The van der Waals surface area contributed by atoms with Crippen LogP contribution in [0.25, 0.3) is 0 Å². The molecule has 2 aromatic carbocycles. The molecule has 0 saturated carbocycles. The number of hydrogen-bond donors (Lipinski definition) is 1. The number of carbonyl (C=O) groups is 2. The first kappa shape index (κ1) is 21.1. The van der Waals surface area contributed by atoms with Crippen LogP contribution in [-0.2, 0) is 9.59 Å². The quantitative estimate of drug-likeness (QED) is 0.754. The molecule has 0 aliphatic carbocycles. The number of rotatable bonds is 5. The molecule has 0 radical (unpaired) electrons. The van der Waals surface area contributed by atoms with Crippen molar-refractivity contribution in [2.75, 3.05) is 12.4 Å². The number of thioether (sulfide) groups is 1. The third-order valence-corrected chi connectivity index (χ3v) is 6.25. The maximum Gasteiger partial charge on any atom is 0.242 e. The van der Waals surface area contributed by atoms with E-state index in [4.69, 9.17) is 4.99 Å². The highest BCUT2D eigenvalue weighted by Crippen LogP contribution is 2.33. The van der Waals surface area contributed by atoms with Crippen LogP contribution >= 0.6 is 11.8 Å². The Bertz CT molecular complexity index is 931. The molecule has 3 rings (SSSR count). The van der Waals surface area contributed by atoms with Gasteiger partial charge >= 0.3 is 0 Å². The molecule has 0 bridgehead atoms. The number of amides is 2. The van der Waals surface area contributed by atoms with Gasteiger partial charge in [0.25, 0.3) is 0 Å². The Balaban J connectivity index is 1.68. The molecular weight excluding hydrogens is 382 g/mol. The minimum atomic E-state index is -0.460. The SMILES string of the molecule is Cc1cccc(C)c1N=C1SC(CC(=O)Nc2ccc(C(C)C)cc2)C(=O)N1C. The molecule has 1 atom stereocenters. The minimum absolute atomic E-state index is 0.0923. The number of aliphatic imine (C=N–C) groups is 1. The van der Waals surface area contributed by atoms with E-state index < -0.39 is 5.25 Å². The van der Waals surface area contributed by atoms with E-state index in [0.29, 0.717) is 11.1 Å². The Morgan fingerprint density at radius 3 is 2.34 bits per heavy atom. The van der Waals surface area contributed by atoms with Gasteiger partial charge in [0.1, 0.15) is 5.25 Å². The molecule has 0 spiro atoms. The standard InChI is InChI=1S/C23H27N3O2S/c1-14(2)17-9-11-18(12-10-17)24-20(27)13-19-22(28)26(5)23(29-19)25-21-15(3)7-6-8-16(21)4/h6-12,14,19H,13H2,1-5H3,(H,24,27). The van der Waals surface area contributed by atoms with Crippen LogP contribution in [0.1, 0.15) is 42.9 Å². The predicted octanol–water partition coefficient (Wildman–Crippen LogP) is 5.02. The molecule has 1 aliphatic rings. The summed E-state index contributed by atoms with van der Waals surface area (Å²) in [7, 11) is 1.71. The molecule has 2 amide bonds. The van der Waals surface area contributed by atoms with Crippen LogP contribution in [0.5, 0.6) is 0 Å². The van der Waals surface area contributed by atoms with Gasteiger partial charge in [0, 0.05) is 19.2 Å². The van der Waals surface area contributed by atoms with E-state index in [0.717, 1.165) is 22.5 Å². The average molecular weight is 410 g/mol. The number of benzene rings is 2. The largest absolute Gasteiger partial charge is 0.326 e. The zero-order valence-corrected chi connectivity index (χ0v) is 18.3. The van der Waals surface area contributed by atoms with Crippen molar-refractivity contribution in [3.05, 3.63) is 59.2 Å². The van der Waals surface area contributed by atoms with Crippen molar-refractivity contribution < 1.29 is 9.59 Å². The van der Waals surface area contributed by atoms with Crippen molar-refractivity contribution in [3.63, 3.8) is 0 Å². The van der Waals surface area contributed by atoms with E-state index in [1.54, 1.807) is 11.9 Å². The Hall–Kier alpha value is -2.60. The van der Waals surface area contributed by atoms with Gasteiger partial charge in [0.15, 0.2) is 5.17 Å². The van der Waals surface area contributed by atoms with E-state index in [-0.39, 0.29) is 18.2 Å². The molecular formula is C23H27N3O2S. The summed E-state index contributed by atoms with van der Waals surface area (Å²) < 4.78 is 0. The molecule has 1 N–H and O–H groups in total. The smallest absolute Gasteiger partial charge is 0.242 e. The minimum Gasteiger partial charge on any atom is -0.326 e. The summed E-state index contributed by atoms with van der Waals surface area (Å²) in [5.41, 5.74) is 4.96. The number of aryl methyl sites for hydroxylation is 2. The highest BCUT2D eigenvalue weighted by Gasteiger charge is 2.37. The van der Waals surface area contributed by atoms with Crippen LogP contribution in [0.2, 0.25) is 0 Å². The van der Waals surface area contributed by atoms with Gasteiger partial charge in [-0.2, -0.15) is 0 Å². The number of hydrogen-bond acceptors (Lipinski definition) is 4. The third kappa shape index (κ3) is 4.88. The number of anilines is 1. The maximum absolute atomic E-state index is 12.6. The lowest BCUT2D eigenvalue weighted by molar-refractivity contribution is -0.127. The van der Waals surface area contributed by atoms with E-state index in [9.17, 15) is 9.59 Å². The number of para-hydroxylation sites is 1. The molecule has 1 heterocycles. The summed E-state index contributed by atoms with van der Waals surface area (Å²) in [5.74, 6) is 0.178. The summed E-state index contributed by atoms with van der Waals surface area (Å²) in [4.78, 5) is 31.4. The molecule has 1 saturated heterocycles. The average Bonchev–Trinajstić information content (AvgIpc) is 2.93. The maximum atomic E-state index is 12.6. The molecule has 1 aliphatic heterocycles. The molecule has 152 valence electrons. The number of carbonyl (C=O) groups excluding carboxylic acids is 2. The van der Waals surface area contributed by atoms with Gasteiger partial charge < -0.3 is 5.32 Å².